The minimum Gasteiger partial charge on any atom is -0.508 e. The lowest BCUT2D eigenvalue weighted by molar-refractivity contribution is 0.0954. The maximum atomic E-state index is 13.4. The maximum absolute atomic E-state index is 13.4. The lowest BCUT2D eigenvalue weighted by Gasteiger charge is -2.06. The zero-order chi connectivity index (χ0) is 14.5. The number of nitrogens with one attached hydrogen (secondary N) is 1. The number of halogens is 2. The molecule has 0 spiro atoms. The topological polar surface area (TPSA) is 49.3 Å². The number of hydrogen-bond donors (Lipinski definition) is 2. The average molecular weight is 277 g/mol. The van der Waals surface area contributed by atoms with Gasteiger partial charge < -0.3 is 10.4 Å². The van der Waals surface area contributed by atoms with Crippen molar-refractivity contribution in [1.82, 2.24) is 5.32 Å². The molecule has 0 radical (unpaired) electrons. The van der Waals surface area contributed by atoms with E-state index < -0.39 is 11.6 Å². The third-order valence-electron chi connectivity index (χ3n) is 2.82. The average Bonchev–Trinajstić information content (AvgIpc) is 2.42. The van der Waals surface area contributed by atoms with Crippen LogP contribution in [0.2, 0.25) is 0 Å². The summed E-state index contributed by atoms with van der Waals surface area (Å²) in [7, 11) is 0. The molecule has 0 aliphatic rings. The Morgan fingerprint density at radius 1 is 1.10 bits per heavy atom. The lowest BCUT2D eigenvalue weighted by Crippen LogP contribution is -2.25. The molecule has 20 heavy (non-hydrogen) atoms. The van der Waals surface area contributed by atoms with Gasteiger partial charge in [-0.15, -0.1) is 0 Å². The number of phenolic OH excluding ortho intramolecular Hbond substituents is 1. The third-order valence-corrected chi connectivity index (χ3v) is 2.82. The van der Waals surface area contributed by atoms with Crippen LogP contribution in [0.4, 0.5) is 8.78 Å². The van der Waals surface area contributed by atoms with E-state index in [0.29, 0.717) is 11.1 Å². The first-order valence-corrected chi connectivity index (χ1v) is 6.07. The van der Waals surface area contributed by atoms with Gasteiger partial charge in [-0.3, -0.25) is 4.79 Å². The van der Waals surface area contributed by atoms with Gasteiger partial charge in [0, 0.05) is 18.2 Å². The molecule has 1 amide bonds. The Labute approximate surface area is 114 Å². The maximum Gasteiger partial charge on any atom is 0.251 e. The van der Waals surface area contributed by atoms with Crippen molar-refractivity contribution in [3.8, 4) is 5.75 Å². The molecule has 0 heterocycles. The van der Waals surface area contributed by atoms with Crippen LogP contribution in [-0.4, -0.2) is 17.6 Å². The SMILES string of the molecule is O=C(NCCc1ccc(F)cc1F)c1ccc(O)cc1. The highest BCUT2D eigenvalue weighted by Gasteiger charge is 2.07. The molecule has 0 saturated carbocycles. The number of hydrogen-bond acceptors (Lipinski definition) is 2. The molecule has 0 atom stereocenters. The van der Waals surface area contributed by atoms with Crippen LogP contribution >= 0.6 is 0 Å². The van der Waals surface area contributed by atoms with Crippen molar-refractivity contribution in [2.24, 2.45) is 0 Å². The van der Waals surface area contributed by atoms with Gasteiger partial charge in [-0.25, -0.2) is 8.78 Å². The molecule has 0 aliphatic heterocycles. The molecule has 5 heteroatoms. The van der Waals surface area contributed by atoms with Crippen LogP contribution in [0, 0.1) is 11.6 Å². The van der Waals surface area contributed by atoms with Crippen molar-refractivity contribution in [3.63, 3.8) is 0 Å². The van der Waals surface area contributed by atoms with E-state index in [1.807, 2.05) is 0 Å². The largest absolute Gasteiger partial charge is 0.508 e. The number of rotatable bonds is 4. The number of aromatic hydroxyl groups is 1. The summed E-state index contributed by atoms with van der Waals surface area (Å²) in [6.45, 7) is 0.238. The Bertz CT molecular complexity index is 612. The molecule has 2 aromatic rings. The highest BCUT2D eigenvalue weighted by atomic mass is 19.1. The molecule has 2 rings (SSSR count). The minimum atomic E-state index is -0.626. The first kappa shape index (κ1) is 14.0. The second kappa shape index (κ2) is 6.14. The summed E-state index contributed by atoms with van der Waals surface area (Å²) in [5, 5.41) is 11.7. The summed E-state index contributed by atoms with van der Waals surface area (Å²) in [5.41, 5.74) is 0.750. The number of benzene rings is 2. The summed E-state index contributed by atoms with van der Waals surface area (Å²) >= 11 is 0. The molecule has 0 bridgehead atoms. The van der Waals surface area contributed by atoms with E-state index in [-0.39, 0.29) is 24.6 Å². The second-order valence-electron chi connectivity index (χ2n) is 4.29. The molecule has 0 aromatic heterocycles. The Hall–Kier alpha value is -2.43. The van der Waals surface area contributed by atoms with Gasteiger partial charge in [0.15, 0.2) is 0 Å². The fourth-order valence-corrected chi connectivity index (χ4v) is 1.75. The molecular weight excluding hydrogens is 264 g/mol. The van der Waals surface area contributed by atoms with Crippen LogP contribution in [0.5, 0.6) is 5.75 Å². The van der Waals surface area contributed by atoms with Crippen LogP contribution in [0.25, 0.3) is 0 Å². The fraction of sp³-hybridized carbons (Fsp3) is 0.133. The lowest BCUT2D eigenvalue weighted by atomic mass is 10.1. The number of carbonyl (C=O) groups is 1. The molecular formula is C15H13F2NO2. The predicted octanol–water partition coefficient (Wildman–Crippen LogP) is 2.64. The van der Waals surface area contributed by atoms with Crippen molar-refractivity contribution in [3.05, 3.63) is 65.2 Å². The molecule has 0 fully saturated rings. The monoisotopic (exact) mass is 277 g/mol. The quantitative estimate of drug-likeness (QED) is 0.902. The van der Waals surface area contributed by atoms with Crippen LogP contribution in [0.15, 0.2) is 42.5 Å². The third kappa shape index (κ3) is 3.54. The van der Waals surface area contributed by atoms with Gasteiger partial charge >= 0.3 is 0 Å². The van der Waals surface area contributed by atoms with Gasteiger partial charge in [-0.05, 0) is 42.3 Å². The molecule has 0 unspecified atom stereocenters. The number of amides is 1. The van der Waals surface area contributed by atoms with Crippen molar-refractivity contribution in [1.29, 1.82) is 0 Å². The van der Waals surface area contributed by atoms with Gasteiger partial charge in [0.2, 0.25) is 0 Å². The van der Waals surface area contributed by atoms with Gasteiger partial charge in [-0.1, -0.05) is 6.07 Å². The standard InChI is InChI=1S/C15H13F2NO2/c16-12-4-1-10(14(17)9-12)7-8-18-15(20)11-2-5-13(19)6-3-11/h1-6,9,19H,7-8H2,(H,18,20). The first-order chi connectivity index (χ1) is 9.56. The smallest absolute Gasteiger partial charge is 0.251 e. The summed E-state index contributed by atoms with van der Waals surface area (Å²) in [6, 6.07) is 9.16. The zero-order valence-electron chi connectivity index (χ0n) is 10.6. The Morgan fingerprint density at radius 3 is 2.45 bits per heavy atom. The summed E-state index contributed by atoms with van der Waals surface area (Å²) in [6.07, 6.45) is 0.274. The van der Waals surface area contributed by atoms with E-state index in [0.717, 1.165) is 6.07 Å². The van der Waals surface area contributed by atoms with Gasteiger partial charge in [0.25, 0.3) is 5.91 Å². The number of phenols is 1. The molecule has 2 aromatic carbocycles. The van der Waals surface area contributed by atoms with E-state index in [1.54, 1.807) is 0 Å². The second-order valence-corrected chi connectivity index (χ2v) is 4.29. The van der Waals surface area contributed by atoms with Crippen LogP contribution in [-0.2, 0) is 6.42 Å². The highest BCUT2D eigenvalue weighted by Crippen LogP contribution is 2.11. The summed E-state index contributed by atoms with van der Waals surface area (Å²) < 4.78 is 26.1. The predicted molar refractivity (Wildman–Crippen MR) is 70.5 cm³/mol. The van der Waals surface area contributed by atoms with Crippen molar-refractivity contribution in [2.45, 2.75) is 6.42 Å². The van der Waals surface area contributed by atoms with E-state index in [9.17, 15) is 13.6 Å². The molecule has 0 aliphatic carbocycles. The highest BCUT2D eigenvalue weighted by molar-refractivity contribution is 5.94. The molecule has 104 valence electrons. The van der Waals surface area contributed by atoms with Crippen LogP contribution in [0.3, 0.4) is 0 Å². The normalized spacial score (nSPS) is 10.3. The Morgan fingerprint density at radius 2 is 1.80 bits per heavy atom. The molecule has 0 saturated heterocycles. The van der Waals surface area contributed by atoms with E-state index in [1.165, 1.54) is 36.4 Å². The van der Waals surface area contributed by atoms with Gasteiger partial charge in [-0.2, -0.15) is 0 Å². The zero-order valence-corrected chi connectivity index (χ0v) is 10.6. The van der Waals surface area contributed by atoms with Crippen molar-refractivity contribution >= 4 is 5.91 Å². The van der Waals surface area contributed by atoms with Crippen LogP contribution < -0.4 is 5.32 Å². The van der Waals surface area contributed by atoms with Gasteiger partial charge in [0.05, 0.1) is 0 Å². The molecule has 3 nitrogen and oxygen atoms in total. The number of carbonyl (C=O) groups excluding carboxylic acids is 1. The van der Waals surface area contributed by atoms with Crippen molar-refractivity contribution < 1.29 is 18.7 Å². The van der Waals surface area contributed by atoms with E-state index in [2.05, 4.69) is 5.32 Å². The summed E-state index contributed by atoms with van der Waals surface area (Å²) in [5.74, 6) is -1.48. The summed E-state index contributed by atoms with van der Waals surface area (Å²) in [4.78, 5) is 11.7. The Balaban J connectivity index is 1.89. The van der Waals surface area contributed by atoms with Crippen LogP contribution in [0.1, 0.15) is 15.9 Å². The Kier molecular flexibility index (Phi) is 4.30. The van der Waals surface area contributed by atoms with Crippen molar-refractivity contribution in [2.75, 3.05) is 6.54 Å². The van der Waals surface area contributed by atoms with E-state index in [4.69, 9.17) is 5.11 Å². The van der Waals surface area contributed by atoms with E-state index >= 15 is 0 Å². The minimum absolute atomic E-state index is 0.0786. The van der Waals surface area contributed by atoms with Gasteiger partial charge in [0.1, 0.15) is 17.4 Å². The fourth-order valence-electron chi connectivity index (χ4n) is 1.75. The molecule has 2 N–H and O–H groups in total. The first-order valence-electron chi connectivity index (χ1n) is 6.07.